The zero-order chi connectivity index (χ0) is 29.9. The van der Waals surface area contributed by atoms with Crippen molar-refractivity contribution in [2.45, 2.75) is 44.4 Å². The Hall–Kier alpha value is -3.95. The van der Waals surface area contributed by atoms with Gasteiger partial charge in [0.15, 0.2) is 11.5 Å². The summed E-state index contributed by atoms with van der Waals surface area (Å²) in [6.07, 6.45) is -1.18. The molecule has 1 saturated carbocycles. The van der Waals surface area contributed by atoms with E-state index in [9.17, 15) is 32.7 Å². The molecule has 1 aliphatic rings. The zero-order valence-corrected chi connectivity index (χ0v) is 22.7. The van der Waals surface area contributed by atoms with Crippen LogP contribution in [0.1, 0.15) is 69.3 Å². The Morgan fingerprint density at radius 2 is 1.66 bits per heavy atom. The van der Waals surface area contributed by atoms with Gasteiger partial charge >= 0.3 is 12.1 Å². The molecule has 214 valence electrons. The number of hydrogen-bond acceptors (Lipinski definition) is 6. The second kappa shape index (κ2) is 12.3. The monoisotopic (exact) mass is 607 g/mol. The number of alkyl halides is 3. The van der Waals surface area contributed by atoms with Gasteiger partial charge in [0.25, 0.3) is 5.91 Å². The standard InChI is InChI=1S/C27H22Cl2F3N5O4/c28-20-11-34-12-21(29)23(20)22(38)14-36(13-16-3-1-15(9-33)2-4-16)25(39)19-10-35-37(24(19)27(30,31)32)18-7-5-17(6-8-18)26(40)41/h1-4,10-12,17-18H,5-8,13-14H2,(H,40,41)/t17-,18-. The third kappa shape index (κ3) is 6.69. The topological polar surface area (TPSA) is 129 Å². The van der Waals surface area contributed by atoms with Crippen molar-refractivity contribution in [3.63, 3.8) is 0 Å². The Bertz CT molecular complexity index is 1490. The molecular weight excluding hydrogens is 586 g/mol. The number of nitriles is 1. The van der Waals surface area contributed by atoms with Gasteiger partial charge in [-0.2, -0.15) is 23.5 Å². The number of carbonyl (C=O) groups excluding carboxylic acids is 2. The lowest BCUT2D eigenvalue weighted by Gasteiger charge is -2.28. The van der Waals surface area contributed by atoms with Gasteiger partial charge in [0.2, 0.25) is 0 Å². The molecule has 0 saturated heterocycles. The number of carboxylic acid groups (broad SMARTS) is 1. The summed E-state index contributed by atoms with van der Waals surface area (Å²) in [6.45, 7) is -0.947. The maximum Gasteiger partial charge on any atom is 0.433 e. The highest BCUT2D eigenvalue weighted by atomic mass is 35.5. The van der Waals surface area contributed by atoms with E-state index in [2.05, 4.69) is 10.1 Å². The summed E-state index contributed by atoms with van der Waals surface area (Å²) in [5.74, 6) is -3.49. The molecule has 1 fully saturated rings. The first kappa shape index (κ1) is 30.0. The normalized spacial score (nSPS) is 17.1. The highest BCUT2D eigenvalue weighted by Gasteiger charge is 2.43. The minimum atomic E-state index is -4.98. The van der Waals surface area contributed by atoms with E-state index in [0.29, 0.717) is 11.1 Å². The summed E-state index contributed by atoms with van der Waals surface area (Å²) in [5.41, 5.74) is -1.39. The SMILES string of the molecule is N#Cc1ccc(CN(CC(=O)c2c(Cl)cncc2Cl)C(=O)c2cnn([C@H]3CC[C@H](C(=O)O)CC3)c2C(F)(F)F)cc1. The predicted octanol–water partition coefficient (Wildman–Crippen LogP) is 5.82. The van der Waals surface area contributed by atoms with Crippen molar-refractivity contribution < 1.29 is 32.7 Å². The van der Waals surface area contributed by atoms with Crippen LogP contribution in [-0.2, 0) is 17.5 Å². The van der Waals surface area contributed by atoms with Crippen LogP contribution in [0, 0.1) is 17.2 Å². The molecule has 4 rings (SSSR count). The lowest BCUT2D eigenvalue weighted by Crippen LogP contribution is -2.37. The maximum atomic E-state index is 14.4. The lowest BCUT2D eigenvalue weighted by molar-refractivity contribution is -0.147. The third-order valence-corrected chi connectivity index (χ3v) is 7.47. The summed E-state index contributed by atoms with van der Waals surface area (Å²) in [7, 11) is 0. The van der Waals surface area contributed by atoms with Gasteiger partial charge in [-0.1, -0.05) is 35.3 Å². The molecule has 0 atom stereocenters. The number of rotatable bonds is 8. The summed E-state index contributed by atoms with van der Waals surface area (Å²) < 4.78 is 44.0. The number of nitrogens with zero attached hydrogens (tertiary/aromatic N) is 5. The second-order valence-corrected chi connectivity index (χ2v) is 10.4. The Morgan fingerprint density at radius 1 is 1.05 bits per heavy atom. The number of carboxylic acids is 1. The molecule has 1 aromatic carbocycles. The Labute approximate surface area is 242 Å². The van der Waals surface area contributed by atoms with Crippen molar-refractivity contribution in [2.75, 3.05) is 6.54 Å². The van der Waals surface area contributed by atoms with Gasteiger partial charge in [-0.3, -0.25) is 24.0 Å². The molecule has 1 aliphatic carbocycles. The number of Topliss-reactive ketones (excluding diaryl/α,β-unsaturated/α-hetero) is 1. The molecule has 0 bridgehead atoms. The molecule has 9 nitrogen and oxygen atoms in total. The van der Waals surface area contributed by atoms with Gasteiger partial charge in [0, 0.05) is 18.9 Å². The number of ketones is 1. The van der Waals surface area contributed by atoms with E-state index in [1.54, 1.807) is 0 Å². The van der Waals surface area contributed by atoms with Crippen LogP contribution in [0.25, 0.3) is 0 Å². The second-order valence-electron chi connectivity index (χ2n) is 9.56. The van der Waals surface area contributed by atoms with Crippen LogP contribution in [0.15, 0.2) is 42.9 Å². The van der Waals surface area contributed by atoms with Crippen LogP contribution >= 0.6 is 23.2 Å². The smallest absolute Gasteiger partial charge is 0.433 e. The largest absolute Gasteiger partial charge is 0.481 e. The highest BCUT2D eigenvalue weighted by Crippen LogP contribution is 2.39. The van der Waals surface area contributed by atoms with Crippen molar-refractivity contribution in [1.82, 2.24) is 19.7 Å². The molecule has 0 aliphatic heterocycles. The summed E-state index contributed by atoms with van der Waals surface area (Å²) in [4.78, 5) is 42.9. The molecule has 14 heteroatoms. The molecule has 0 unspecified atom stereocenters. The Balaban J connectivity index is 1.71. The van der Waals surface area contributed by atoms with Crippen LogP contribution in [-0.4, -0.2) is 49.0 Å². The Kier molecular flexibility index (Phi) is 8.99. The first-order valence-corrected chi connectivity index (χ1v) is 13.1. The minimum Gasteiger partial charge on any atom is -0.481 e. The predicted molar refractivity (Wildman–Crippen MR) is 140 cm³/mol. The quantitative estimate of drug-likeness (QED) is 0.319. The molecule has 41 heavy (non-hydrogen) atoms. The average molecular weight is 608 g/mol. The van der Waals surface area contributed by atoms with Crippen molar-refractivity contribution in [3.8, 4) is 6.07 Å². The van der Waals surface area contributed by atoms with Gasteiger partial charge in [0.05, 0.1) is 57.5 Å². The van der Waals surface area contributed by atoms with E-state index in [0.717, 1.165) is 15.8 Å². The van der Waals surface area contributed by atoms with E-state index in [1.807, 2.05) is 6.07 Å². The van der Waals surface area contributed by atoms with E-state index >= 15 is 0 Å². The first-order valence-electron chi connectivity index (χ1n) is 12.4. The van der Waals surface area contributed by atoms with Gasteiger partial charge in [-0.05, 0) is 43.4 Å². The van der Waals surface area contributed by atoms with Crippen LogP contribution in [0.5, 0.6) is 0 Å². The molecular formula is C27H22Cl2F3N5O4. The van der Waals surface area contributed by atoms with E-state index < -0.39 is 53.6 Å². The lowest BCUT2D eigenvalue weighted by atomic mass is 9.86. The number of aliphatic carboxylic acids is 1. The third-order valence-electron chi connectivity index (χ3n) is 6.90. The number of halogens is 5. The number of hydrogen-bond donors (Lipinski definition) is 1. The molecule has 1 amide bonds. The van der Waals surface area contributed by atoms with Gasteiger partial charge in [0.1, 0.15) is 0 Å². The molecule has 1 N–H and O–H groups in total. The van der Waals surface area contributed by atoms with Crippen LogP contribution in [0.4, 0.5) is 13.2 Å². The minimum absolute atomic E-state index is 0.0889. The highest BCUT2D eigenvalue weighted by molar-refractivity contribution is 6.39. The number of aromatic nitrogens is 3. The summed E-state index contributed by atoms with van der Waals surface area (Å²) in [5, 5.41) is 22.0. The fourth-order valence-corrected chi connectivity index (χ4v) is 5.43. The first-order chi connectivity index (χ1) is 19.4. The maximum absolute atomic E-state index is 14.4. The van der Waals surface area contributed by atoms with E-state index in [1.165, 1.54) is 36.7 Å². The summed E-state index contributed by atoms with van der Waals surface area (Å²) in [6, 6.07) is 7.18. The van der Waals surface area contributed by atoms with Gasteiger partial charge < -0.3 is 10.0 Å². The number of amides is 1. The van der Waals surface area contributed by atoms with E-state index in [4.69, 9.17) is 28.5 Å². The summed E-state index contributed by atoms with van der Waals surface area (Å²) >= 11 is 12.2. The zero-order valence-electron chi connectivity index (χ0n) is 21.2. The van der Waals surface area contributed by atoms with Crippen LogP contribution in [0.3, 0.4) is 0 Å². The number of benzene rings is 1. The average Bonchev–Trinajstić information content (AvgIpc) is 3.39. The van der Waals surface area contributed by atoms with Crippen molar-refractivity contribution in [2.24, 2.45) is 5.92 Å². The van der Waals surface area contributed by atoms with Crippen molar-refractivity contribution in [1.29, 1.82) is 5.26 Å². The molecule has 2 heterocycles. The Morgan fingerprint density at radius 3 is 2.20 bits per heavy atom. The van der Waals surface area contributed by atoms with Crippen LogP contribution in [0.2, 0.25) is 10.0 Å². The molecule has 0 radical (unpaired) electrons. The number of pyridine rings is 1. The molecule has 0 spiro atoms. The molecule has 3 aromatic rings. The van der Waals surface area contributed by atoms with Crippen molar-refractivity contribution >= 4 is 40.9 Å². The fourth-order valence-electron chi connectivity index (χ4n) is 4.85. The number of carbonyl (C=O) groups is 3. The molecule has 2 aromatic heterocycles. The fraction of sp³-hybridized carbons (Fsp3) is 0.333. The van der Waals surface area contributed by atoms with Crippen molar-refractivity contribution in [3.05, 3.63) is 80.8 Å². The van der Waals surface area contributed by atoms with Crippen LogP contribution < -0.4 is 0 Å². The van der Waals surface area contributed by atoms with E-state index in [-0.39, 0.29) is 47.8 Å². The van der Waals surface area contributed by atoms with Gasteiger partial charge in [-0.15, -0.1) is 0 Å². The van der Waals surface area contributed by atoms with Gasteiger partial charge in [-0.25, -0.2) is 0 Å².